The number of thiophene rings is 1. The van der Waals surface area contributed by atoms with E-state index in [1.165, 1.54) is 4.88 Å². The number of ether oxygens (including phenoxy) is 2. The van der Waals surface area contributed by atoms with E-state index in [2.05, 4.69) is 27.8 Å². The zero-order valence-corrected chi connectivity index (χ0v) is 15.3. The molecule has 3 aromatic rings. The molecule has 2 aromatic heterocycles. The smallest absolute Gasteiger partial charge is 0.127 e. The molecule has 1 atom stereocenters. The summed E-state index contributed by atoms with van der Waals surface area (Å²) in [6, 6.07) is 10.3. The zero-order chi connectivity index (χ0) is 16.8. The second-order valence-electron chi connectivity index (χ2n) is 5.27. The van der Waals surface area contributed by atoms with Crippen LogP contribution < -0.4 is 14.8 Å². The van der Waals surface area contributed by atoms with Crippen molar-refractivity contribution in [2.75, 3.05) is 14.2 Å². The van der Waals surface area contributed by atoms with Gasteiger partial charge in [-0.3, -0.25) is 0 Å². The predicted octanol–water partition coefficient (Wildman–Crippen LogP) is 4.30. The molecule has 4 nitrogen and oxygen atoms in total. The van der Waals surface area contributed by atoms with Crippen LogP contribution >= 0.6 is 22.7 Å². The monoisotopic (exact) mass is 360 g/mol. The van der Waals surface area contributed by atoms with E-state index in [-0.39, 0.29) is 6.04 Å². The third-order valence-electron chi connectivity index (χ3n) is 3.77. The van der Waals surface area contributed by atoms with Gasteiger partial charge in [0.1, 0.15) is 16.5 Å². The highest BCUT2D eigenvalue weighted by molar-refractivity contribution is 7.10. The van der Waals surface area contributed by atoms with Gasteiger partial charge in [0.15, 0.2) is 0 Å². The lowest BCUT2D eigenvalue weighted by Gasteiger charge is -2.17. The Hall–Kier alpha value is -1.89. The lowest BCUT2D eigenvalue weighted by atomic mass is 10.1. The number of rotatable bonds is 8. The van der Waals surface area contributed by atoms with Crippen molar-refractivity contribution < 1.29 is 9.47 Å². The van der Waals surface area contributed by atoms with Crippen molar-refractivity contribution in [2.24, 2.45) is 0 Å². The van der Waals surface area contributed by atoms with Crippen LogP contribution in [-0.4, -0.2) is 19.2 Å². The van der Waals surface area contributed by atoms with Crippen molar-refractivity contribution in [2.45, 2.75) is 19.0 Å². The van der Waals surface area contributed by atoms with Gasteiger partial charge in [0, 0.05) is 41.0 Å². The molecule has 24 heavy (non-hydrogen) atoms. The minimum absolute atomic E-state index is 0.190. The van der Waals surface area contributed by atoms with Gasteiger partial charge in [-0.05, 0) is 17.5 Å². The lowest BCUT2D eigenvalue weighted by Crippen LogP contribution is -2.23. The summed E-state index contributed by atoms with van der Waals surface area (Å²) in [5.41, 5.74) is 1.10. The van der Waals surface area contributed by atoms with Crippen LogP contribution in [0.1, 0.15) is 21.5 Å². The summed E-state index contributed by atoms with van der Waals surface area (Å²) in [5.74, 6) is 1.63. The number of aromatic nitrogens is 1. The Bertz CT molecular complexity index is 742. The number of nitrogens with zero attached hydrogens (tertiary/aromatic N) is 1. The molecular formula is C18H20N2O2S2. The first-order chi connectivity index (χ1) is 11.8. The maximum absolute atomic E-state index is 5.49. The van der Waals surface area contributed by atoms with E-state index in [0.717, 1.165) is 28.5 Å². The average molecular weight is 361 g/mol. The summed E-state index contributed by atoms with van der Waals surface area (Å²) in [7, 11) is 3.34. The van der Waals surface area contributed by atoms with Gasteiger partial charge in [-0.15, -0.1) is 22.7 Å². The molecule has 1 N–H and O–H groups in total. The highest BCUT2D eigenvalue weighted by atomic mass is 32.1. The summed E-state index contributed by atoms with van der Waals surface area (Å²) in [6.45, 7) is 0.711. The van der Waals surface area contributed by atoms with Crippen LogP contribution in [0.3, 0.4) is 0 Å². The van der Waals surface area contributed by atoms with Gasteiger partial charge < -0.3 is 14.8 Å². The minimum atomic E-state index is 0.190. The number of nitrogens with one attached hydrogen (secondary N) is 1. The van der Waals surface area contributed by atoms with Crippen LogP contribution in [0, 0.1) is 0 Å². The molecular weight excluding hydrogens is 340 g/mol. The van der Waals surface area contributed by atoms with Crippen LogP contribution in [0.15, 0.2) is 47.3 Å². The molecule has 6 heteroatoms. The topological polar surface area (TPSA) is 43.4 Å². The first kappa shape index (κ1) is 17.0. The molecule has 0 bridgehead atoms. The fourth-order valence-corrected chi connectivity index (χ4v) is 3.98. The standard InChI is InChI=1S/C18H20N2O2S2/c1-21-14-6-5-13(17(10-14)22-2)12-20-16(18-19-7-9-24-18)11-15-4-3-8-23-15/h3-10,16,20H,11-12H2,1-2H3/t16-/m0/s1. The Morgan fingerprint density at radius 1 is 1.12 bits per heavy atom. The summed E-state index contributed by atoms with van der Waals surface area (Å²) >= 11 is 3.46. The first-order valence-corrected chi connectivity index (χ1v) is 9.42. The van der Waals surface area contributed by atoms with Crippen LogP contribution in [0.5, 0.6) is 11.5 Å². The lowest BCUT2D eigenvalue weighted by molar-refractivity contribution is 0.388. The van der Waals surface area contributed by atoms with E-state index >= 15 is 0 Å². The maximum Gasteiger partial charge on any atom is 0.127 e. The predicted molar refractivity (Wildman–Crippen MR) is 99.3 cm³/mol. The maximum atomic E-state index is 5.49. The molecule has 0 aliphatic heterocycles. The van der Waals surface area contributed by atoms with Crippen molar-refractivity contribution in [1.82, 2.24) is 10.3 Å². The third-order valence-corrected chi connectivity index (χ3v) is 5.56. The molecule has 0 saturated carbocycles. The fraction of sp³-hybridized carbons (Fsp3) is 0.278. The Morgan fingerprint density at radius 3 is 2.71 bits per heavy atom. The van der Waals surface area contributed by atoms with Crippen molar-refractivity contribution in [3.8, 4) is 11.5 Å². The Kier molecular flexibility index (Phi) is 5.85. The summed E-state index contributed by atoms with van der Waals surface area (Å²) in [5, 5.41) is 8.86. The van der Waals surface area contributed by atoms with Crippen LogP contribution in [-0.2, 0) is 13.0 Å². The van der Waals surface area contributed by atoms with E-state index < -0.39 is 0 Å². The van der Waals surface area contributed by atoms with Gasteiger partial charge in [0.2, 0.25) is 0 Å². The Morgan fingerprint density at radius 2 is 2.04 bits per heavy atom. The Balaban J connectivity index is 1.74. The molecule has 0 aliphatic rings. The van der Waals surface area contributed by atoms with Gasteiger partial charge in [-0.2, -0.15) is 0 Å². The van der Waals surface area contributed by atoms with Gasteiger partial charge >= 0.3 is 0 Å². The van der Waals surface area contributed by atoms with E-state index in [4.69, 9.17) is 9.47 Å². The molecule has 0 radical (unpaired) electrons. The second-order valence-corrected chi connectivity index (χ2v) is 7.22. The molecule has 2 heterocycles. The summed E-state index contributed by atoms with van der Waals surface area (Å²) < 4.78 is 10.7. The Labute approximate surface area is 150 Å². The highest BCUT2D eigenvalue weighted by Crippen LogP contribution is 2.27. The van der Waals surface area contributed by atoms with E-state index in [9.17, 15) is 0 Å². The van der Waals surface area contributed by atoms with Crippen molar-refractivity contribution in [3.05, 3.63) is 62.7 Å². The fourth-order valence-electron chi connectivity index (χ4n) is 2.51. The number of methoxy groups -OCH3 is 2. The van der Waals surface area contributed by atoms with Gasteiger partial charge in [-0.25, -0.2) is 4.98 Å². The first-order valence-electron chi connectivity index (χ1n) is 7.66. The van der Waals surface area contributed by atoms with Gasteiger partial charge in [0.25, 0.3) is 0 Å². The van der Waals surface area contributed by atoms with E-state index in [0.29, 0.717) is 6.54 Å². The second kappa shape index (κ2) is 8.28. The number of benzene rings is 1. The largest absolute Gasteiger partial charge is 0.497 e. The quantitative estimate of drug-likeness (QED) is 0.651. The SMILES string of the molecule is COc1ccc(CN[C@@H](Cc2cccs2)c2nccs2)c(OC)c1. The van der Waals surface area contributed by atoms with Crippen LogP contribution in [0.25, 0.3) is 0 Å². The molecule has 0 unspecified atom stereocenters. The van der Waals surface area contributed by atoms with Crippen LogP contribution in [0.4, 0.5) is 0 Å². The van der Waals surface area contributed by atoms with E-state index in [1.807, 2.05) is 29.8 Å². The molecule has 0 amide bonds. The van der Waals surface area contributed by atoms with Gasteiger partial charge in [-0.1, -0.05) is 12.1 Å². The molecule has 0 saturated heterocycles. The summed E-state index contributed by atoms with van der Waals surface area (Å²) in [6.07, 6.45) is 2.79. The molecule has 0 fully saturated rings. The highest BCUT2D eigenvalue weighted by Gasteiger charge is 2.16. The minimum Gasteiger partial charge on any atom is -0.497 e. The van der Waals surface area contributed by atoms with Crippen molar-refractivity contribution in [1.29, 1.82) is 0 Å². The van der Waals surface area contributed by atoms with E-state index in [1.54, 1.807) is 36.9 Å². The van der Waals surface area contributed by atoms with Crippen LogP contribution in [0.2, 0.25) is 0 Å². The number of hydrogen-bond donors (Lipinski definition) is 1. The number of hydrogen-bond acceptors (Lipinski definition) is 6. The normalized spacial score (nSPS) is 12.1. The third kappa shape index (κ3) is 4.14. The average Bonchev–Trinajstić information content (AvgIpc) is 3.32. The van der Waals surface area contributed by atoms with Crippen molar-refractivity contribution >= 4 is 22.7 Å². The zero-order valence-electron chi connectivity index (χ0n) is 13.7. The van der Waals surface area contributed by atoms with Crippen molar-refractivity contribution in [3.63, 3.8) is 0 Å². The summed E-state index contributed by atoms with van der Waals surface area (Å²) in [4.78, 5) is 5.84. The molecule has 126 valence electrons. The molecule has 3 rings (SSSR count). The van der Waals surface area contributed by atoms with Gasteiger partial charge in [0.05, 0.1) is 20.3 Å². The molecule has 0 aliphatic carbocycles. The molecule has 0 spiro atoms. The number of thiazole rings is 1. The molecule has 1 aromatic carbocycles.